The number of hydrogen-bond donors (Lipinski definition) is 2. The van der Waals surface area contributed by atoms with E-state index in [9.17, 15) is 4.79 Å². The first kappa shape index (κ1) is 23.9. The molecule has 178 valence electrons. The minimum Gasteiger partial charge on any atom is -0.352 e. The van der Waals surface area contributed by atoms with E-state index in [1.165, 1.54) is 11.1 Å². The van der Waals surface area contributed by atoms with E-state index in [0.717, 1.165) is 70.8 Å². The Labute approximate surface area is 198 Å². The summed E-state index contributed by atoms with van der Waals surface area (Å²) in [5, 5.41) is 3.20. The van der Waals surface area contributed by atoms with Crippen molar-refractivity contribution in [1.82, 2.24) is 20.0 Å². The summed E-state index contributed by atoms with van der Waals surface area (Å²) in [6.07, 6.45) is 1.62. The summed E-state index contributed by atoms with van der Waals surface area (Å²) < 4.78 is 0. The third-order valence-electron chi connectivity index (χ3n) is 7.38. The average molecular weight is 450 g/mol. The van der Waals surface area contributed by atoms with Gasteiger partial charge in [-0.2, -0.15) is 0 Å². The lowest BCUT2D eigenvalue weighted by atomic mass is 9.77. The van der Waals surface area contributed by atoms with Gasteiger partial charge in [-0.25, -0.2) is 0 Å². The van der Waals surface area contributed by atoms with Crippen LogP contribution in [-0.2, 0) is 24.4 Å². The standard InChI is InChI=1S/C27H39N5O/c1-30-14-16-32(17-15-30)21-25-9-5-8-24(18-25)19-29-26(33)27(22-28)10-12-31(13-11-27)20-23-6-3-2-4-7-23/h2-9,18H,10-17,19-22,28H2,1H3,(H,29,33). The molecule has 2 fully saturated rings. The zero-order chi connectivity index (χ0) is 23.1. The first-order valence-electron chi connectivity index (χ1n) is 12.3. The maximum atomic E-state index is 13.2. The number of benzene rings is 2. The van der Waals surface area contributed by atoms with E-state index in [-0.39, 0.29) is 5.91 Å². The zero-order valence-corrected chi connectivity index (χ0v) is 20.0. The normalized spacial score (nSPS) is 19.9. The van der Waals surface area contributed by atoms with Gasteiger partial charge in [0.1, 0.15) is 0 Å². The van der Waals surface area contributed by atoms with Crippen LogP contribution < -0.4 is 11.1 Å². The molecule has 0 spiro atoms. The van der Waals surface area contributed by atoms with Gasteiger partial charge >= 0.3 is 0 Å². The third kappa shape index (κ3) is 6.42. The Bertz CT molecular complexity index is 886. The van der Waals surface area contributed by atoms with Crippen molar-refractivity contribution in [3.05, 3.63) is 71.3 Å². The Balaban J connectivity index is 1.28. The molecule has 2 saturated heterocycles. The van der Waals surface area contributed by atoms with E-state index in [2.05, 4.69) is 75.6 Å². The molecule has 0 radical (unpaired) electrons. The van der Waals surface area contributed by atoms with Crippen molar-refractivity contribution in [1.29, 1.82) is 0 Å². The van der Waals surface area contributed by atoms with Gasteiger partial charge in [-0.05, 0) is 49.7 Å². The lowest BCUT2D eigenvalue weighted by Crippen LogP contribution is -2.52. The van der Waals surface area contributed by atoms with E-state index >= 15 is 0 Å². The van der Waals surface area contributed by atoms with Crippen LogP contribution in [0.5, 0.6) is 0 Å². The zero-order valence-electron chi connectivity index (χ0n) is 20.0. The number of likely N-dealkylation sites (N-methyl/N-ethyl adjacent to an activating group) is 1. The van der Waals surface area contributed by atoms with Crippen LogP contribution in [0.4, 0.5) is 0 Å². The Hall–Kier alpha value is -2.25. The fourth-order valence-corrected chi connectivity index (χ4v) is 4.98. The molecule has 0 bridgehead atoms. The Kier molecular flexibility index (Phi) is 8.15. The first-order chi connectivity index (χ1) is 16.1. The summed E-state index contributed by atoms with van der Waals surface area (Å²) in [5.41, 5.74) is 9.49. The molecule has 1 amide bonds. The monoisotopic (exact) mass is 449 g/mol. The minimum atomic E-state index is -0.454. The number of nitrogens with two attached hydrogens (primary N) is 1. The third-order valence-corrected chi connectivity index (χ3v) is 7.38. The smallest absolute Gasteiger partial charge is 0.227 e. The van der Waals surface area contributed by atoms with Gasteiger partial charge in [0.05, 0.1) is 5.41 Å². The van der Waals surface area contributed by atoms with Gasteiger partial charge in [0, 0.05) is 52.4 Å². The van der Waals surface area contributed by atoms with Crippen LogP contribution in [-0.4, -0.2) is 73.5 Å². The molecule has 4 rings (SSSR count). The molecule has 33 heavy (non-hydrogen) atoms. The van der Waals surface area contributed by atoms with Gasteiger partial charge in [0.2, 0.25) is 5.91 Å². The van der Waals surface area contributed by atoms with E-state index in [4.69, 9.17) is 5.73 Å². The Morgan fingerprint density at radius 3 is 2.15 bits per heavy atom. The second kappa shape index (κ2) is 11.3. The molecule has 2 aliphatic rings. The maximum absolute atomic E-state index is 13.2. The number of nitrogens with one attached hydrogen (secondary N) is 1. The number of amides is 1. The summed E-state index contributed by atoms with van der Waals surface area (Å²) in [5.74, 6) is 0.105. The summed E-state index contributed by atoms with van der Waals surface area (Å²) in [6.45, 7) is 9.14. The van der Waals surface area contributed by atoms with E-state index in [1.807, 2.05) is 6.07 Å². The Morgan fingerprint density at radius 2 is 1.45 bits per heavy atom. The van der Waals surface area contributed by atoms with Crippen LogP contribution in [0.1, 0.15) is 29.5 Å². The quantitative estimate of drug-likeness (QED) is 0.647. The van der Waals surface area contributed by atoms with Gasteiger partial charge in [0.15, 0.2) is 0 Å². The number of carbonyl (C=O) groups excluding carboxylic acids is 1. The molecule has 6 nitrogen and oxygen atoms in total. The van der Waals surface area contributed by atoms with E-state index < -0.39 is 5.41 Å². The molecule has 3 N–H and O–H groups in total. The number of carbonyl (C=O) groups is 1. The lowest BCUT2D eigenvalue weighted by molar-refractivity contribution is -0.133. The van der Waals surface area contributed by atoms with Crippen molar-refractivity contribution >= 4 is 5.91 Å². The molecule has 0 aliphatic carbocycles. The number of nitrogens with zero attached hydrogens (tertiary/aromatic N) is 3. The fraction of sp³-hybridized carbons (Fsp3) is 0.519. The number of piperidine rings is 1. The van der Waals surface area contributed by atoms with Crippen molar-refractivity contribution < 1.29 is 4.79 Å². The average Bonchev–Trinajstić information content (AvgIpc) is 2.85. The summed E-state index contributed by atoms with van der Waals surface area (Å²) in [4.78, 5) is 20.5. The molecular formula is C27H39N5O. The van der Waals surface area contributed by atoms with Gasteiger partial charge in [-0.1, -0.05) is 54.6 Å². The van der Waals surface area contributed by atoms with Gasteiger partial charge in [-0.3, -0.25) is 14.6 Å². The van der Waals surface area contributed by atoms with Gasteiger partial charge in [0.25, 0.3) is 0 Å². The molecular weight excluding hydrogens is 410 g/mol. The highest BCUT2D eigenvalue weighted by Gasteiger charge is 2.40. The topological polar surface area (TPSA) is 64.8 Å². The van der Waals surface area contributed by atoms with Crippen molar-refractivity contribution in [2.75, 3.05) is 52.9 Å². The molecule has 0 unspecified atom stereocenters. The van der Waals surface area contributed by atoms with Gasteiger partial charge in [-0.15, -0.1) is 0 Å². The fourth-order valence-electron chi connectivity index (χ4n) is 4.98. The highest BCUT2D eigenvalue weighted by atomic mass is 16.2. The summed E-state index contributed by atoms with van der Waals surface area (Å²) in [6, 6.07) is 19.2. The Morgan fingerprint density at radius 1 is 0.848 bits per heavy atom. The molecule has 6 heteroatoms. The molecule has 0 saturated carbocycles. The van der Waals surface area contributed by atoms with Crippen LogP contribution in [0.25, 0.3) is 0 Å². The highest BCUT2D eigenvalue weighted by Crippen LogP contribution is 2.31. The van der Waals surface area contributed by atoms with Crippen molar-refractivity contribution in [2.24, 2.45) is 11.1 Å². The van der Waals surface area contributed by atoms with E-state index in [0.29, 0.717) is 13.1 Å². The first-order valence-corrected chi connectivity index (χ1v) is 12.3. The second-order valence-corrected chi connectivity index (χ2v) is 9.83. The summed E-state index contributed by atoms with van der Waals surface area (Å²) in [7, 11) is 2.18. The van der Waals surface area contributed by atoms with Crippen LogP contribution >= 0.6 is 0 Å². The predicted molar refractivity (Wildman–Crippen MR) is 134 cm³/mol. The minimum absolute atomic E-state index is 0.105. The number of likely N-dealkylation sites (tertiary alicyclic amines) is 1. The molecule has 2 aromatic rings. The van der Waals surface area contributed by atoms with Crippen LogP contribution in [0, 0.1) is 5.41 Å². The van der Waals surface area contributed by atoms with Crippen LogP contribution in [0.15, 0.2) is 54.6 Å². The molecule has 0 aromatic heterocycles. The van der Waals surface area contributed by atoms with Crippen LogP contribution in [0.2, 0.25) is 0 Å². The maximum Gasteiger partial charge on any atom is 0.227 e. The van der Waals surface area contributed by atoms with Crippen molar-refractivity contribution in [2.45, 2.75) is 32.5 Å². The number of hydrogen-bond acceptors (Lipinski definition) is 5. The van der Waals surface area contributed by atoms with Crippen molar-refractivity contribution in [3.63, 3.8) is 0 Å². The summed E-state index contributed by atoms with van der Waals surface area (Å²) >= 11 is 0. The van der Waals surface area contributed by atoms with Crippen LogP contribution in [0.3, 0.4) is 0 Å². The van der Waals surface area contributed by atoms with Gasteiger partial charge < -0.3 is 16.0 Å². The molecule has 2 aromatic carbocycles. The molecule has 2 heterocycles. The number of piperazine rings is 1. The number of rotatable bonds is 8. The lowest BCUT2D eigenvalue weighted by Gasteiger charge is -2.40. The van der Waals surface area contributed by atoms with E-state index in [1.54, 1.807) is 0 Å². The second-order valence-electron chi connectivity index (χ2n) is 9.83. The predicted octanol–water partition coefficient (Wildman–Crippen LogP) is 2.29. The molecule has 0 atom stereocenters. The van der Waals surface area contributed by atoms with Crippen molar-refractivity contribution in [3.8, 4) is 0 Å². The SMILES string of the molecule is CN1CCN(Cc2cccc(CNC(=O)C3(CN)CCN(Cc4ccccc4)CC3)c2)CC1. The largest absolute Gasteiger partial charge is 0.352 e. The highest BCUT2D eigenvalue weighted by molar-refractivity contribution is 5.83. The molecule has 2 aliphatic heterocycles.